The highest BCUT2D eigenvalue weighted by Gasteiger charge is 2.12. The maximum Gasteiger partial charge on any atom is 0.133 e. The van der Waals surface area contributed by atoms with Gasteiger partial charge in [-0.3, -0.25) is 0 Å². The molecule has 3 heteroatoms. The van der Waals surface area contributed by atoms with E-state index in [1.54, 1.807) is 7.11 Å². The van der Waals surface area contributed by atoms with Crippen LogP contribution in [0.25, 0.3) is 0 Å². The van der Waals surface area contributed by atoms with Crippen LogP contribution in [0.2, 0.25) is 0 Å². The zero-order chi connectivity index (χ0) is 12.8. The highest BCUT2D eigenvalue weighted by Crippen LogP contribution is 2.30. The molecule has 94 valence electrons. The third kappa shape index (κ3) is 3.86. The summed E-state index contributed by atoms with van der Waals surface area (Å²) in [5, 5.41) is 3.33. The predicted octanol–water partition coefficient (Wildman–Crippen LogP) is 4.07. The Morgan fingerprint density at radius 1 is 1.53 bits per heavy atom. The molecule has 1 aromatic rings. The quantitative estimate of drug-likeness (QED) is 0.799. The molecule has 0 saturated carbocycles. The van der Waals surface area contributed by atoms with Crippen LogP contribution >= 0.6 is 15.9 Å². The fraction of sp³-hybridized carbons (Fsp3) is 0.429. The van der Waals surface area contributed by atoms with Crippen LogP contribution < -0.4 is 10.1 Å². The number of halogens is 1. The molecule has 0 saturated heterocycles. The fourth-order valence-corrected chi connectivity index (χ4v) is 2.28. The Kier molecular flexibility index (Phi) is 5.72. The minimum Gasteiger partial charge on any atom is -0.496 e. The van der Waals surface area contributed by atoms with Gasteiger partial charge < -0.3 is 10.1 Å². The van der Waals surface area contributed by atoms with Crippen molar-refractivity contribution in [2.45, 2.75) is 25.8 Å². The Hall–Kier alpha value is -0.800. The lowest BCUT2D eigenvalue weighted by molar-refractivity contribution is 0.411. The Balaban J connectivity index is 2.88. The summed E-state index contributed by atoms with van der Waals surface area (Å²) in [6.45, 7) is 6.20. The van der Waals surface area contributed by atoms with Crippen molar-refractivity contribution in [2.75, 3.05) is 14.2 Å². The van der Waals surface area contributed by atoms with Gasteiger partial charge in [0.05, 0.1) is 11.6 Å². The standard InChI is InChI=1S/C14H20BrNO/c1-5-10(2)8-13(16-3)11-6-7-14(17-4)12(15)9-11/h6-7,9,13,16H,2,5,8H2,1,3-4H3. The van der Waals surface area contributed by atoms with Gasteiger partial charge in [0.25, 0.3) is 0 Å². The van der Waals surface area contributed by atoms with E-state index in [2.05, 4.69) is 46.9 Å². The van der Waals surface area contributed by atoms with Crippen molar-refractivity contribution in [1.29, 1.82) is 0 Å². The summed E-state index contributed by atoms with van der Waals surface area (Å²) in [6, 6.07) is 6.49. The smallest absolute Gasteiger partial charge is 0.133 e. The molecule has 1 rings (SSSR count). The van der Waals surface area contributed by atoms with E-state index >= 15 is 0 Å². The van der Waals surface area contributed by atoms with E-state index in [4.69, 9.17) is 4.74 Å². The SMILES string of the molecule is C=C(CC)CC(NC)c1ccc(OC)c(Br)c1. The van der Waals surface area contributed by atoms with E-state index in [9.17, 15) is 0 Å². The predicted molar refractivity (Wildman–Crippen MR) is 76.5 cm³/mol. The first kappa shape index (κ1) is 14.3. The molecule has 0 heterocycles. The first-order valence-corrected chi connectivity index (χ1v) is 6.59. The maximum absolute atomic E-state index is 5.23. The largest absolute Gasteiger partial charge is 0.496 e. The van der Waals surface area contributed by atoms with Crippen molar-refractivity contribution in [2.24, 2.45) is 0 Å². The van der Waals surface area contributed by atoms with Gasteiger partial charge in [0.2, 0.25) is 0 Å². The summed E-state index contributed by atoms with van der Waals surface area (Å²) in [7, 11) is 3.65. The van der Waals surface area contributed by atoms with Gasteiger partial charge in [-0.15, -0.1) is 0 Å². The Morgan fingerprint density at radius 3 is 2.71 bits per heavy atom. The van der Waals surface area contributed by atoms with Crippen LogP contribution in [0.5, 0.6) is 5.75 Å². The molecule has 0 amide bonds. The molecule has 0 fully saturated rings. The van der Waals surface area contributed by atoms with Crippen LogP contribution in [0.15, 0.2) is 34.8 Å². The van der Waals surface area contributed by atoms with Crippen LogP contribution in [0.1, 0.15) is 31.4 Å². The van der Waals surface area contributed by atoms with Crippen molar-refractivity contribution in [3.63, 3.8) is 0 Å². The summed E-state index contributed by atoms with van der Waals surface area (Å²) < 4.78 is 6.22. The molecule has 1 atom stereocenters. The lowest BCUT2D eigenvalue weighted by Crippen LogP contribution is -2.16. The molecule has 0 aliphatic heterocycles. The van der Waals surface area contributed by atoms with Gasteiger partial charge in [-0.05, 0) is 53.5 Å². The summed E-state index contributed by atoms with van der Waals surface area (Å²) in [6.07, 6.45) is 1.99. The van der Waals surface area contributed by atoms with Crippen LogP contribution in [0.3, 0.4) is 0 Å². The van der Waals surface area contributed by atoms with Crippen molar-refractivity contribution in [3.05, 3.63) is 40.4 Å². The highest BCUT2D eigenvalue weighted by atomic mass is 79.9. The Morgan fingerprint density at radius 2 is 2.24 bits per heavy atom. The molecule has 0 bridgehead atoms. The second kappa shape index (κ2) is 6.82. The fourth-order valence-electron chi connectivity index (χ4n) is 1.72. The normalized spacial score (nSPS) is 12.2. The molecule has 1 N–H and O–H groups in total. The number of methoxy groups -OCH3 is 1. The lowest BCUT2D eigenvalue weighted by Gasteiger charge is -2.18. The Bertz CT molecular complexity index is 390. The van der Waals surface area contributed by atoms with Crippen molar-refractivity contribution < 1.29 is 4.74 Å². The molecular formula is C14H20BrNO. The Labute approximate surface area is 112 Å². The number of hydrogen-bond donors (Lipinski definition) is 1. The molecular weight excluding hydrogens is 278 g/mol. The van der Waals surface area contributed by atoms with Gasteiger partial charge in [0.15, 0.2) is 0 Å². The first-order chi connectivity index (χ1) is 8.12. The number of nitrogens with one attached hydrogen (secondary N) is 1. The molecule has 0 radical (unpaired) electrons. The molecule has 0 aliphatic carbocycles. The summed E-state index contributed by atoms with van der Waals surface area (Å²) in [5.74, 6) is 0.859. The topological polar surface area (TPSA) is 21.3 Å². The average molecular weight is 298 g/mol. The van der Waals surface area contributed by atoms with Gasteiger partial charge in [0, 0.05) is 6.04 Å². The average Bonchev–Trinajstić information content (AvgIpc) is 2.35. The van der Waals surface area contributed by atoms with Gasteiger partial charge in [0.1, 0.15) is 5.75 Å². The molecule has 17 heavy (non-hydrogen) atoms. The van der Waals surface area contributed by atoms with Gasteiger partial charge in [-0.25, -0.2) is 0 Å². The third-order valence-corrected chi connectivity index (χ3v) is 3.54. The molecule has 2 nitrogen and oxygen atoms in total. The second-order valence-electron chi connectivity index (χ2n) is 4.04. The summed E-state index contributed by atoms with van der Waals surface area (Å²) in [5.41, 5.74) is 2.51. The highest BCUT2D eigenvalue weighted by molar-refractivity contribution is 9.10. The van der Waals surface area contributed by atoms with Crippen molar-refractivity contribution in [3.8, 4) is 5.75 Å². The van der Waals surface area contributed by atoms with Crippen LogP contribution in [0, 0.1) is 0 Å². The molecule has 1 unspecified atom stereocenters. The monoisotopic (exact) mass is 297 g/mol. The van der Waals surface area contributed by atoms with Gasteiger partial charge >= 0.3 is 0 Å². The second-order valence-corrected chi connectivity index (χ2v) is 4.90. The van der Waals surface area contributed by atoms with Gasteiger partial charge in [-0.1, -0.05) is 25.1 Å². The van der Waals surface area contributed by atoms with Crippen molar-refractivity contribution in [1.82, 2.24) is 5.32 Å². The minimum atomic E-state index is 0.310. The van der Waals surface area contributed by atoms with Gasteiger partial charge in [-0.2, -0.15) is 0 Å². The number of hydrogen-bond acceptors (Lipinski definition) is 2. The van der Waals surface area contributed by atoms with E-state index in [0.29, 0.717) is 6.04 Å². The van der Waals surface area contributed by atoms with Crippen LogP contribution in [-0.2, 0) is 0 Å². The minimum absolute atomic E-state index is 0.310. The number of benzene rings is 1. The molecule has 1 aromatic carbocycles. The molecule has 0 spiro atoms. The zero-order valence-electron chi connectivity index (χ0n) is 10.7. The number of ether oxygens (including phenoxy) is 1. The zero-order valence-corrected chi connectivity index (χ0v) is 12.3. The lowest BCUT2D eigenvalue weighted by atomic mass is 9.98. The van der Waals surface area contributed by atoms with E-state index in [-0.39, 0.29) is 0 Å². The molecule has 0 aromatic heterocycles. The number of rotatable bonds is 6. The van der Waals surface area contributed by atoms with Crippen molar-refractivity contribution >= 4 is 15.9 Å². The molecule has 0 aliphatic rings. The first-order valence-electron chi connectivity index (χ1n) is 5.79. The van der Waals surface area contributed by atoms with E-state index < -0.39 is 0 Å². The maximum atomic E-state index is 5.23. The van der Waals surface area contributed by atoms with E-state index in [1.165, 1.54) is 11.1 Å². The van der Waals surface area contributed by atoms with E-state index in [1.807, 2.05) is 13.1 Å². The third-order valence-electron chi connectivity index (χ3n) is 2.92. The van der Waals surface area contributed by atoms with E-state index in [0.717, 1.165) is 23.1 Å². The van der Waals surface area contributed by atoms with Crippen LogP contribution in [0.4, 0.5) is 0 Å². The van der Waals surface area contributed by atoms with Crippen LogP contribution in [-0.4, -0.2) is 14.2 Å². The summed E-state index contributed by atoms with van der Waals surface area (Å²) in [4.78, 5) is 0. The summed E-state index contributed by atoms with van der Waals surface area (Å²) >= 11 is 3.51.